The Kier molecular flexibility index (Phi) is 5.57. The summed E-state index contributed by atoms with van der Waals surface area (Å²) in [6, 6.07) is 10.4. The first-order chi connectivity index (χ1) is 7.76. The molecule has 1 atom stereocenters. The lowest BCUT2D eigenvalue weighted by Gasteiger charge is -2.16. The first-order valence-electron chi connectivity index (χ1n) is 5.79. The van der Waals surface area contributed by atoms with Crippen LogP contribution in [0.3, 0.4) is 0 Å². The van der Waals surface area contributed by atoms with Gasteiger partial charge >= 0.3 is 0 Å². The maximum absolute atomic E-state index is 11.4. The van der Waals surface area contributed by atoms with Gasteiger partial charge in [-0.1, -0.05) is 37.3 Å². The van der Waals surface area contributed by atoms with E-state index in [4.69, 9.17) is 5.73 Å². The first kappa shape index (κ1) is 12.7. The number of rotatable bonds is 6. The van der Waals surface area contributed by atoms with Crippen LogP contribution in [0.25, 0.3) is 0 Å². The van der Waals surface area contributed by atoms with E-state index in [0.717, 1.165) is 12.8 Å². The van der Waals surface area contributed by atoms with Crippen LogP contribution in [0.4, 0.5) is 0 Å². The van der Waals surface area contributed by atoms with E-state index in [1.165, 1.54) is 5.56 Å². The summed E-state index contributed by atoms with van der Waals surface area (Å²) in [5.74, 6) is 0.0466. The highest BCUT2D eigenvalue weighted by atomic mass is 16.1. The predicted molar refractivity (Wildman–Crippen MR) is 66.0 cm³/mol. The van der Waals surface area contributed by atoms with Gasteiger partial charge in [-0.2, -0.15) is 0 Å². The van der Waals surface area contributed by atoms with Crippen LogP contribution in [0.15, 0.2) is 30.3 Å². The summed E-state index contributed by atoms with van der Waals surface area (Å²) in [7, 11) is 0. The molecule has 3 heteroatoms. The molecular formula is C13H20N2O. The van der Waals surface area contributed by atoms with Crippen LogP contribution in [-0.2, 0) is 11.2 Å². The van der Waals surface area contributed by atoms with E-state index in [2.05, 4.69) is 24.4 Å². The zero-order chi connectivity index (χ0) is 11.8. The fourth-order valence-electron chi connectivity index (χ4n) is 1.63. The maximum atomic E-state index is 11.4. The van der Waals surface area contributed by atoms with Crippen molar-refractivity contribution >= 4 is 5.91 Å². The lowest BCUT2D eigenvalue weighted by molar-refractivity contribution is -0.121. The molecule has 0 saturated heterocycles. The summed E-state index contributed by atoms with van der Waals surface area (Å²) in [5, 5.41) is 3.00. The van der Waals surface area contributed by atoms with E-state index in [1.807, 2.05) is 18.2 Å². The molecule has 0 aliphatic carbocycles. The molecule has 0 aromatic heterocycles. The largest absolute Gasteiger partial charge is 0.353 e. The maximum Gasteiger partial charge on any atom is 0.221 e. The monoisotopic (exact) mass is 220 g/mol. The Morgan fingerprint density at radius 1 is 1.38 bits per heavy atom. The van der Waals surface area contributed by atoms with Gasteiger partial charge in [0.25, 0.3) is 0 Å². The number of nitrogens with one attached hydrogen (secondary N) is 1. The predicted octanol–water partition coefficient (Wildman–Crippen LogP) is 1.47. The Bertz CT molecular complexity index is 311. The minimum Gasteiger partial charge on any atom is -0.353 e. The molecule has 0 bridgehead atoms. The van der Waals surface area contributed by atoms with Crippen LogP contribution in [0, 0.1) is 0 Å². The highest BCUT2D eigenvalue weighted by Crippen LogP contribution is 2.05. The van der Waals surface area contributed by atoms with Crippen LogP contribution in [0.2, 0.25) is 0 Å². The number of amides is 1. The zero-order valence-electron chi connectivity index (χ0n) is 9.78. The summed E-state index contributed by atoms with van der Waals surface area (Å²) < 4.78 is 0. The van der Waals surface area contributed by atoms with Gasteiger partial charge in [-0.3, -0.25) is 4.79 Å². The Morgan fingerprint density at radius 2 is 2.06 bits per heavy atom. The van der Waals surface area contributed by atoms with Gasteiger partial charge in [0.1, 0.15) is 0 Å². The standard InChI is InChI=1S/C13H20N2O/c1-2-12(15-13(16)8-9-14)10-11-6-4-3-5-7-11/h3-7,12H,2,8-10,14H2,1H3,(H,15,16). The van der Waals surface area contributed by atoms with Crippen molar-refractivity contribution in [1.82, 2.24) is 5.32 Å². The van der Waals surface area contributed by atoms with Crippen molar-refractivity contribution in [2.45, 2.75) is 32.2 Å². The summed E-state index contributed by atoms with van der Waals surface area (Å²) in [4.78, 5) is 11.4. The molecule has 88 valence electrons. The molecule has 16 heavy (non-hydrogen) atoms. The second-order valence-electron chi connectivity index (χ2n) is 3.90. The molecule has 1 amide bonds. The smallest absolute Gasteiger partial charge is 0.221 e. The molecule has 0 fully saturated rings. The number of carbonyl (C=O) groups excluding carboxylic acids is 1. The molecule has 1 unspecified atom stereocenters. The van der Waals surface area contributed by atoms with Gasteiger partial charge in [0.2, 0.25) is 5.91 Å². The number of benzene rings is 1. The fourth-order valence-corrected chi connectivity index (χ4v) is 1.63. The number of hydrogen-bond acceptors (Lipinski definition) is 2. The number of hydrogen-bond donors (Lipinski definition) is 2. The molecule has 0 saturated carbocycles. The second-order valence-corrected chi connectivity index (χ2v) is 3.90. The Balaban J connectivity index is 2.46. The van der Waals surface area contributed by atoms with E-state index in [1.54, 1.807) is 0 Å². The van der Waals surface area contributed by atoms with Gasteiger partial charge in [0.05, 0.1) is 0 Å². The topological polar surface area (TPSA) is 55.1 Å². The highest BCUT2D eigenvalue weighted by molar-refractivity contribution is 5.76. The van der Waals surface area contributed by atoms with Gasteiger partial charge in [-0.25, -0.2) is 0 Å². The number of carbonyl (C=O) groups is 1. The Morgan fingerprint density at radius 3 is 2.62 bits per heavy atom. The third-order valence-corrected chi connectivity index (χ3v) is 2.55. The van der Waals surface area contributed by atoms with E-state index in [9.17, 15) is 4.79 Å². The molecule has 0 spiro atoms. The average Bonchev–Trinajstić information content (AvgIpc) is 2.30. The molecule has 0 heterocycles. The zero-order valence-corrected chi connectivity index (χ0v) is 9.78. The third kappa shape index (κ3) is 4.45. The lowest BCUT2D eigenvalue weighted by atomic mass is 10.0. The van der Waals surface area contributed by atoms with Crippen molar-refractivity contribution < 1.29 is 4.79 Å². The molecule has 1 aromatic rings. The molecule has 0 aliphatic rings. The molecule has 1 aromatic carbocycles. The van der Waals surface area contributed by atoms with E-state index in [-0.39, 0.29) is 11.9 Å². The van der Waals surface area contributed by atoms with E-state index in [0.29, 0.717) is 13.0 Å². The van der Waals surface area contributed by atoms with Crippen molar-refractivity contribution in [2.24, 2.45) is 5.73 Å². The van der Waals surface area contributed by atoms with Crippen LogP contribution >= 0.6 is 0 Å². The van der Waals surface area contributed by atoms with Crippen LogP contribution in [0.5, 0.6) is 0 Å². The van der Waals surface area contributed by atoms with Gasteiger partial charge in [0.15, 0.2) is 0 Å². The van der Waals surface area contributed by atoms with Crippen molar-refractivity contribution in [3.63, 3.8) is 0 Å². The summed E-state index contributed by atoms with van der Waals surface area (Å²) >= 11 is 0. The SMILES string of the molecule is CCC(Cc1ccccc1)NC(=O)CCN. The minimum atomic E-state index is 0.0466. The van der Waals surface area contributed by atoms with Gasteiger partial charge in [-0.05, 0) is 18.4 Å². The molecule has 3 N–H and O–H groups in total. The van der Waals surface area contributed by atoms with Crippen LogP contribution in [-0.4, -0.2) is 18.5 Å². The molecular weight excluding hydrogens is 200 g/mol. The van der Waals surface area contributed by atoms with Gasteiger partial charge < -0.3 is 11.1 Å². The van der Waals surface area contributed by atoms with Crippen LogP contribution in [0.1, 0.15) is 25.3 Å². The molecule has 1 rings (SSSR count). The molecule has 0 radical (unpaired) electrons. The molecule has 0 aliphatic heterocycles. The minimum absolute atomic E-state index is 0.0466. The summed E-state index contributed by atoms with van der Waals surface area (Å²) in [5.41, 5.74) is 6.59. The van der Waals surface area contributed by atoms with Gasteiger partial charge in [0, 0.05) is 19.0 Å². The van der Waals surface area contributed by atoms with E-state index >= 15 is 0 Å². The Hall–Kier alpha value is -1.35. The van der Waals surface area contributed by atoms with Gasteiger partial charge in [-0.15, -0.1) is 0 Å². The highest BCUT2D eigenvalue weighted by Gasteiger charge is 2.10. The quantitative estimate of drug-likeness (QED) is 0.763. The van der Waals surface area contributed by atoms with Crippen molar-refractivity contribution in [3.8, 4) is 0 Å². The summed E-state index contributed by atoms with van der Waals surface area (Å²) in [6.07, 6.45) is 2.23. The van der Waals surface area contributed by atoms with Crippen LogP contribution < -0.4 is 11.1 Å². The van der Waals surface area contributed by atoms with Crippen molar-refractivity contribution in [3.05, 3.63) is 35.9 Å². The van der Waals surface area contributed by atoms with E-state index < -0.39 is 0 Å². The summed E-state index contributed by atoms with van der Waals surface area (Å²) in [6.45, 7) is 2.49. The average molecular weight is 220 g/mol. The lowest BCUT2D eigenvalue weighted by Crippen LogP contribution is -2.36. The third-order valence-electron chi connectivity index (χ3n) is 2.55. The molecule has 3 nitrogen and oxygen atoms in total. The van der Waals surface area contributed by atoms with Crippen molar-refractivity contribution in [2.75, 3.05) is 6.54 Å². The number of nitrogens with two attached hydrogens (primary N) is 1. The fraction of sp³-hybridized carbons (Fsp3) is 0.462. The first-order valence-corrected chi connectivity index (χ1v) is 5.79. The normalized spacial score (nSPS) is 12.1. The van der Waals surface area contributed by atoms with Crippen molar-refractivity contribution in [1.29, 1.82) is 0 Å². The Labute approximate surface area is 97.0 Å². The second kappa shape index (κ2) is 7.01.